The minimum absolute atomic E-state index is 0.281. The first-order chi connectivity index (χ1) is 5.31. The van der Waals surface area contributed by atoms with Gasteiger partial charge in [-0.25, -0.2) is 0 Å². The lowest BCUT2D eigenvalue weighted by Gasteiger charge is -2.26. The van der Waals surface area contributed by atoms with Gasteiger partial charge in [0.05, 0.1) is 0 Å². The van der Waals surface area contributed by atoms with E-state index >= 15 is 0 Å². The SMILES string of the molecule is C=Cc1ccc2c(c1)CC2N. The Bertz CT molecular complexity index is 302. The lowest BCUT2D eigenvalue weighted by atomic mass is 9.83. The van der Waals surface area contributed by atoms with Crippen LogP contribution in [-0.2, 0) is 6.42 Å². The molecule has 0 aromatic heterocycles. The van der Waals surface area contributed by atoms with E-state index in [2.05, 4.69) is 24.8 Å². The zero-order valence-electron chi connectivity index (χ0n) is 6.38. The third kappa shape index (κ3) is 0.889. The second-order valence-electron chi connectivity index (χ2n) is 2.97. The lowest BCUT2D eigenvalue weighted by Crippen LogP contribution is -2.24. The van der Waals surface area contributed by atoms with Crippen LogP contribution in [0.4, 0.5) is 0 Å². The normalized spacial score (nSPS) is 20.3. The van der Waals surface area contributed by atoms with Crippen LogP contribution in [0.15, 0.2) is 24.8 Å². The smallest absolute Gasteiger partial charge is 0.0338 e. The topological polar surface area (TPSA) is 26.0 Å². The van der Waals surface area contributed by atoms with Gasteiger partial charge in [-0.1, -0.05) is 30.9 Å². The molecular formula is C10H11N. The van der Waals surface area contributed by atoms with Crippen LogP contribution in [0, 0.1) is 0 Å². The summed E-state index contributed by atoms with van der Waals surface area (Å²) in [5.74, 6) is 0. The van der Waals surface area contributed by atoms with Crippen molar-refractivity contribution >= 4 is 6.08 Å². The van der Waals surface area contributed by atoms with Crippen molar-refractivity contribution in [2.75, 3.05) is 0 Å². The molecule has 0 aliphatic heterocycles. The van der Waals surface area contributed by atoms with Gasteiger partial charge in [0.25, 0.3) is 0 Å². The first-order valence-electron chi connectivity index (χ1n) is 3.82. The molecule has 0 heterocycles. The Hall–Kier alpha value is -1.08. The van der Waals surface area contributed by atoms with Crippen LogP contribution in [-0.4, -0.2) is 0 Å². The molecule has 1 aromatic carbocycles. The summed E-state index contributed by atoms with van der Waals surface area (Å²) in [6.45, 7) is 3.71. The average molecular weight is 145 g/mol. The van der Waals surface area contributed by atoms with E-state index in [4.69, 9.17) is 5.73 Å². The summed E-state index contributed by atoms with van der Waals surface area (Å²) in [6.07, 6.45) is 2.89. The fourth-order valence-electron chi connectivity index (χ4n) is 1.51. The van der Waals surface area contributed by atoms with Gasteiger partial charge in [0, 0.05) is 6.04 Å². The van der Waals surface area contributed by atoms with E-state index in [1.165, 1.54) is 16.7 Å². The largest absolute Gasteiger partial charge is 0.324 e. The Morgan fingerprint density at radius 3 is 2.91 bits per heavy atom. The maximum absolute atomic E-state index is 5.76. The molecule has 56 valence electrons. The first kappa shape index (κ1) is 6.62. The minimum atomic E-state index is 0.281. The Morgan fingerprint density at radius 2 is 2.36 bits per heavy atom. The fraction of sp³-hybridized carbons (Fsp3) is 0.200. The van der Waals surface area contributed by atoms with Crippen LogP contribution < -0.4 is 5.73 Å². The van der Waals surface area contributed by atoms with E-state index in [-0.39, 0.29) is 6.04 Å². The molecule has 2 N–H and O–H groups in total. The predicted octanol–water partition coefficient (Wildman–Crippen LogP) is 1.89. The zero-order valence-corrected chi connectivity index (χ0v) is 6.38. The van der Waals surface area contributed by atoms with E-state index in [0.29, 0.717) is 0 Å². The number of benzene rings is 1. The van der Waals surface area contributed by atoms with E-state index in [0.717, 1.165) is 6.42 Å². The second kappa shape index (κ2) is 2.21. The summed E-state index contributed by atoms with van der Waals surface area (Å²) in [4.78, 5) is 0. The van der Waals surface area contributed by atoms with Crippen LogP contribution in [0.5, 0.6) is 0 Å². The summed E-state index contributed by atoms with van der Waals surface area (Å²) in [7, 11) is 0. The van der Waals surface area contributed by atoms with Crippen molar-refractivity contribution in [1.82, 2.24) is 0 Å². The standard InChI is InChI=1S/C10H11N/c1-2-7-3-4-9-8(5-7)6-10(9)11/h2-5,10H,1,6,11H2. The molecule has 1 aliphatic carbocycles. The quantitative estimate of drug-likeness (QED) is 0.641. The fourth-order valence-corrected chi connectivity index (χ4v) is 1.51. The Labute approximate surface area is 66.5 Å². The molecule has 1 aromatic rings. The number of hydrogen-bond acceptors (Lipinski definition) is 1. The highest BCUT2D eigenvalue weighted by Gasteiger charge is 2.21. The van der Waals surface area contributed by atoms with Crippen molar-refractivity contribution in [3.8, 4) is 0 Å². The molecule has 0 fully saturated rings. The van der Waals surface area contributed by atoms with Crippen molar-refractivity contribution in [2.24, 2.45) is 5.73 Å². The maximum Gasteiger partial charge on any atom is 0.0338 e. The van der Waals surface area contributed by atoms with Gasteiger partial charge >= 0.3 is 0 Å². The first-order valence-corrected chi connectivity index (χ1v) is 3.82. The lowest BCUT2D eigenvalue weighted by molar-refractivity contribution is 0.636. The molecular weight excluding hydrogens is 134 g/mol. The number of rotatable bonds is 1. The highest BCUT2D eigenvalue weighted by atomic mass is 14.7. The minimum Gasteiger partial charge on any atom is -0.324 e. The molecule has 0 saturated heterocycles. The Morgan fingerprint density at radius 1 is 1.55 bits per heavy atom. The van der Waals surface area contributed by atoms with Crippen LogP contribution in [0.1, 0.15) is 22.7 Å². The van der Waals surface area contributed by atoms with E-state index in [1.807, 2.05) is 6.08 Å². The molecule has 1 unspecified atom stereocenters. The zero-order chi connectivity index (χ0) is 7.84. The molecule has 0 saturated carbocycles. The van der Waals surface area contributed by atoms with Crippen LogP contribution >= 0.6 is 0 Å². The summed E-state index contributed by atoms with van der Waals surface area (Å²) in [6, 6.07) is 6.60. The Kier molecular flexibility index (Phi) is 1.33. The van der Waals surface area contributed by atoms with Gasteiger partial charge in [0.2, 0.25) is 0 Å². The highest BCUT2D eigenvalue weighted by Crippen LogP contribution is 2.31. The molecule has 0 amide bonds. The van der Waals surface area contributed by atoms with Gasteiger partial charge < -0.3 is 5.73 Å². The molecule has 11 heavy (non-hydrogen) atoms. The summed E-state index contributed by atoms with van der Waals surface area (Å²) < 4.78 is 0. The monoisotopic (exact) mass is 145 g/mol. The van der Waals surface area contributed by atoms with Gasteiger partial charge in [-0.2, -0.15) is 0 Å². The van der Waals surface area contributed by atoms with E-state index in [1.54, 1.807) is 0 Å². The third-order valence-corrected chi connectivity index (χ3v) is 2.24. The average Bonchev–Trinajstić information content (AvgIpc) is 2.02. The van der Waals surface area contributed by atoms with Crippen molar-refractivity contribution in [3.05, 3.63) is 41.5 Å². The predicted molar refractivity (Wildman–Crippen MR) is 47.2 cm³/mol. The van der Waals surface area contributed by atoms with Crippen molar-refractivity contribution in [3.63, 3.8) is 0 Å². The molecule has 0 spiro atoms. The number of hydrogen-bond donors (Lipinski definition) is 1. The Balaban J connectivity index is 2.45. The molecule has 0 bridgehead atoms. The van der Waals surface area contributed by atoms with Gasteiger partial charge in [-0.15, -0.1) is 0 Å². The molecule has 1 atom stereocenters. The van der Waals surface area contributed by atoms with E-state index < -0.39 is 0 Å². The third-order valence-electron chi connectivity index (χ3n) is 2.24. The molecule has 1 heteroatoms. The van der Waals surface area contributed by atoms with Gasteiger partial charge in [0.1, 0.15) is 0 Å². The van der Waals surface area contributed by atoms with Crippen molar-refractivity contribution < 1.29 is 0 Å². The molecule has 1 aliphatic rings. The van der Waals surface area contributed by atoms with Gasteiger partial charge in [-0.3, -0.25) is 0 Å². The maximum atomic E-state index is 5.76. The summed E-state index contributed by atoms with van der Waals surface area (Å²) in [5.41, 5.74) is 9.63. The summed E-state index contributed by atoms with van der Waals surface area (Å²) in [5, 5.41) is 0. The second-order valence-corrected chi connectivity index (χ2v) is 2.97. The summed E-state index contributed by atoms with van der Waals surface area (Å²) >= 11 is 0. The molecule has 2 rings (SSSR count). The molecule has 1 nitrogen and oxygen atoms in total. The van der Waals surface area contributed by atoms with E-state index in [9.17, 15) is 0 Å². The van der Waals surface area contributed by atoms with Gasteiger partial charge in [0.15, 0.2) is 0 Å². The van der Waals surface area contributed by atoms with Crippen LogP contribution in [0.3, 0.4) is 0 Å². The van der Waals surface area contributed by atoms with Crippen LogP contribution in [0.2, 0.25) is 0 Å². The highest BCUT2D eigenvalue weighted by molar-refractivity contribution is 5.53. The van der Waals surface area contributed by atoms with Crippen LogP contribution in [0.25, 0.3) is 6.08 Å². The number of nitrogens with two attached hydrogens (primary N) is 1. The van der Waals surface area contributed by atoms with Crippen molar-refractivity contribution in [2.45, 2.75) is 12.5 Å². The molecule has 0 radical (unpaired) electrons. The van der Waals surface area contributed by atoms with Gasteiger partial charge in [-0.05, 0) is 23.1 Å². The number of fused-ring (bicyclic) bond motifs is 1. The van der Waals surface area contributed by atoms with Crippen molar-refractivity contribution in [1.29, 1.82) is 0 Å².